The van der Waals surface area contributed by atoms with E-state index in [9.17, 15) is 4.79 Å². The largest absolute Gasteiger partial charge is 0.497 e. The molecule has 0 bridgehead atoms. The Morgan fingerprint density at radius 3 is 2.36 bits per heavy atom. The van der Waals surface area contributed by atoms with Crippen LogP contribution >= 0.6 is 0 Å². The third-order valence-corrected chi connectivity index (χ3v) is 5.16. The number of carbonyl (C=O) groups is 1. The SMILES string of the molecule is COc1ccc(CCNC(=O)CCNc2ccc(N3CCCCC3)cc2)cc1. The lowest BCUT2D eigenvalue weighted by atomic mass is 10.1. The molecule has 150 valence electrons. The topological polar surface area (TPSA) is 53.6 Å². The van der Waals surface area contributed by atoms with Gasteiger partial charge in [0.25, 0.3) is 0 Å². The molecule has 5 heteroatoms. The zero-order valence-electron chi connectivity index (χ0n) is 16.7. The Morgan fingerprint density at radius 1 is 0.964 bits per heavy atom. The number of nitrogens with zero attached hydrogens (tertiary/aromatic N) is 1. The molecule has 1 aliphatic rings. The fourth-order valence-electron chi connectivity index (χ4n) is 3.49. The first-order valence-electron chi connectivity index (χ1n) is 10.2. The Balaban J connectivity index is 1.32. The van der Waals surface area contributed by atoms with Gasteiger partial charge in [-0.25, -0.2) is 0 Å². The summed E-state index contributed by atoms with van der Waals surface area (Å²) >= 11 is 0. The van der Waals surface area contributed by atoms with Crippen molar-refractivity contribution in [2.24, 2.45) is 0 Å². The van der Waals surface area contributed by atoms with Crippen LogP contribution in [0.25, 0.3) is 0 Å². The Labute approximate surface area is 168 Å². The molecule has 2 aromatic rings. The van der Waals surface area contributed by atoms with Gasteiger partial charge in [-0.1, -0.05) is 12.1 Å². The maximum Gasteiger partial charge on any atom is 0.221 e. The number of rotatable bonds is 9. The highest BCUT2D eigenvalue weighted by Crippen LogP contribution is 2.21. The van der Waals surface area contributed by atoms with Gasteiger partial charge >= 0.3 is 0 Å². The zero-order chi connectivity index (χ0) is 19.6. The van der Waals surface area contributed by atoms with Crippen LogP contribution in [0.1, 0.15) is 31.2 Å². The predicted molar refractivity (Wildman–Crippen MR) is 115 cm³/mol. The summed E-state index contributed by atoms with van der Waals surface area (Å²) in [6.07, 6.45) is 5.21. The third-order valence-electron chi connectivity index (χ3n) is 5.16. The highest BCUT2D eigenvalue weighted by Gasteiger charge is 2.10. The van der Waals surface area contributed by atoms with Gasteiger partial charge in [-0.3, -0.25) is 4.79 Å². The number of ether oxygens (including phenoxy) is 1. The van der Waals surface area contributed by atoms with Crippen LogP contribution in [0.15, 0.2) is 48.5 Å². The standard InChI is InChI=1S/C23H31N3O2/c1-28-22-11-5-19(6-12-22)13-15-25-23(27)14-16-24-20-7-9-21(10-8-20)26-17-3-2-4-18-26/h5-12,24H,2-4,13-18H2,1H3,(H,25,27). The van der Waals surface area contributed by atoms with E-state index in [0.29, 0.717) is 19.5 Å². The Morgan fingerprint density at radius 2 is 1.68 bits per heavy atom. The molecule has 1 amide bonds. The summed E-state index contributed by atoms with van der Waals surface area (Å²) in [6.45, 7) is 3.60. The third kappa shape index (κ3) is 6.19. The molecular weight excluding hydrogens is 350 g/mol. The van der Waals surface area contributed by atoms with E-state index in [-0.39, 0.29) is 5.91 Å². The number of benzene rings is 2. The Hall–Kier alpha value is -2.69. The van der Waals surface area contributed by atoms with E-state index in [1.54, 1.807) is 7.11 Å². The molecular formula is C23H31N3O2. The molecule has 0 radical (unpaired) electrons. The number of piperidine rings is 1. The molecule has 3 rings (SSSR count). The van der Waals surface area contributed by atoms with Crippen molar-refractivity contribution in [3.8, 4) is 5.75 Å². The summed E-state index contributed by atoms with van der Waals surface area (Å²) in [6, 6.07) is 16.5. The monoisotopic (exact) mass is 381 g/mol. The van der Waals surface area contributed by atoms with Crippen molar-refractivity contribution in [2.45, 2.75) is 32.1 Å². The van der Waals surface area contributed by atoms with Gasteiger partial charge in [-0.05, 0) is 67.6 Å². The van der Waals surface area contributed by atoms with Crippen LogP contribution < -0.4 is 20.3 Å². The van der Waals surface area contributed by atoms with Crippen LogP contribution in [0.4, 0.5) is 11.4 Å². The molecule has 0 aliphatic carbocycles. The molecule has 0 saturated carbocycles. The van der Waals surface area contributed by atoms with E-state index in [1.165, 1.54) is 30.5 Å². The molecule has 2 N–H and O–H groups in total. The number of carbonyl (C=O) groups excluding carboxylic acids is 1. The van der Waals surface area contributed by atoms with Gasteiger partial charge in [0, 0.05) is 44.0 Å². The predicted octanol–water partition coefficient (Wildman–Crippen LogP) is 3.85. The van der Waals surface area contributed by atoms with Crippen LogP contribution in [-0.4, -0.2) is 39.2 Å². The minimum Gasteiger partial charge on any atom is -0.497 e. The maximum absolute atomic E-state index is 12.0. The molecule has 1 fully saturated rings. The van der Waals surface area contributed by atoms with E-state index < -0.39 is 0 Å². The lowest BCUT2D eigenvalue weighted by Gasteiger charge is -2.28. The van der Waals surface area contributed by atoms with E-state index in [4.69, 9.17) is 4.74 Å². The molecule has 0 aromatic heterocycles. The molecule has 5 nitrogen and oxygen atoms in total. The number of hydrogen-bond donors (Lipinski definition) is 2. The molecule has 1 saturated heterocycles. The highest BCUT2D eigenvalue weighted by atomic mass is 16.5. The van der Waals surface area contributed by atoms with Crippen LogP contribution in [0.3, 0.4) is 0 Å². The first-order valence-corrected chi connectivity index (χ1v) is 10.2. The normalized spacial score (nSPS) is 13.8. The van der Waals surface area contributed by atoms with E-state index in [2.05, 4.69) is 39.8 Å². The van der Waals surface area contributed by atoms with Crippen LogP contribution in [0, 0.1) is 0 Å². The summed E-state index contributed by atoms with van der Waals surface area (Å²) in [7, 11) is 1.66. The summed E-state index contributed by atoms with van der Waals surface area (Å²) in [5, 5.41) is 6.31. The average molecular weight is 382 g/mol. The molecule has 1 aliphatic heterocycles. The fourth-order valence-corrected chi connectivity index (χ4v) is 3.49. The second-order valence-electron chi connectivity index (χ2n) is 7.22. The van der Waals surface area contributed by atoms with Gasteiger partial charge in [0.15, 0.2) is 0 Å². The van der Waals surface area contributed by atoms with Crippen molar-refractivity contribution in [1.29, 1.82) is 0 Å². The minimum absolute atomic E-state index is 0.0750. The molecule has 0 atom stereocenters. The summed E-state index contributed by atoms with van der Waals surface area (Å²) in [5.74, 6) is 0.925. The second-order valence-corrected chi connectivity index (χ2v) is 7.22. The highest BCUT2D eigenvalue weighted by molar-refractivity contribution is 5.76. The zero-order valence-corrected chi connectivity index (χ0v) is 16.7. The second kappa shape index (κ2) is 10.6. The average Bonchev–Trinajstić information content (AvgIpc) is 2.75. The minimum atomic E-state index is 0.0750. The maximum atomic E-state index is 12.0. The molecule has 1 heterocycles. The smallest absolute Gasteiger partial charge is 0.221 e. The summed E-state index contributed by atoms with van der Waals surface area (Å²) in [5.41, 5.74) is 3.54. The van der Waals surface area contributed by atoms with Crippen molar-refractivity contribution < 1.29 is 9.53 Å². The number of methoxy groups -OCH3 is 1. The number of hydrogen-bond acceptors (Lipinski definition) is 4. The van der Waals surface area contributed by atoms with E-state index >= 15 is 0 Å². The number of amides is 1. The molecule has 2 aromatic carbocycles. The molecule has 0 unspecified atom stereocenters. The van der Waals surface area contributed by atoms with E-state index in [0.717, 1.165) is 30.9 Å². The van der Waals surface area contributed by atoms with Gasteiger partial charge in [0.2, 0.25) is 5.91 Å². The first kappa shape index (κ1) is 20.1. The summed E-state index contributed by atoms with van der Waals surface area (Å²) < 4.78 is 5.15. The van der Waals surface area contributed by atoms with Gasteiger partial charge in [0.1, 0.15) is 5.75 Å². The summed E-state index contributed by atoms with van der Waals surface area (Å²) in [4.78, 5) is 14.5. The number of nitrogens with one attached hydrogen (secondary N) is 2. The molecule has 28 heavy (non-hydrogen) atoms. The van der Waals surface area contributed by atoms with E-state index in [1.807, 2.05) is 24.3 Å². The van der Waals surface area contributed by atoms with Crippen molar-refractivity contribution in [3.05, 3.63) is 54.1 Å². The van der Waals surface area contributed by atoms with Crippen LogP contribution in [0.2, 0.25) is 0 Å². The van der Waals surface area contributed by atoms with Crippen LogP contribution in [-0.2, 0) is 11.2 Å². The fraction of sp³-hybridized carbons (Fsp3) is 0.435. The lowest BCUT2D eigenvalue weighted by Crippen LogP contribution is -2.29. The van der Waals surface area contributed by atoms with Crippen molar-refractivity contribution >= 4 is 17.3 Å². The quantitative estimate of drug-likeness (QED) is 0.693. The van der Waals surface area contributed by atoms with Gasteiger partial charge in [-0.15, -0.1) is 0 Å². The Bertz CT molecular complexity index is 723. The van der Waals surface area contributed by atoms with Crippen molar-refractivity contribution in [2.75, 3.05) is 43.5 Å². The van der Waals surface area contributed by atoms with Crippen LogP contribution in [0.5, 0.6) is 5.75 Å². The Kier molecular flexibility index (Phi) is 7.59. The van der Waals surface area contributed by atoms with Crippen molar-refractivity contribution in [1.82, 2.24) is 5.32 Å². The van der Waals surface area contributed by atoms with Gasteiger partial charge < -0.3 is 20.3 Å². The van der Waals surface area contributed by atoms with Crippen molar-refractivity contribution in [3.63, 3.8) is 0 Å². The lowest BCUT2D eigenvalue weighted by molar-refractivity contribution is -0.120. The molecule has 0 spiro atoms. The van der Waals surface area contributed by atoms with Gasteiger partial charge in [-0.2, -0.15) is 0 Å². The first-order chi connectivity index (χ1) is 13.7. The van der Waals surface area contributed by atoms with Gasteiger partial charge in [0.05, 0.1) is 7.11 Å². The number of anilines is 2.